The van der Waals surface area contributed by atoms with Gasteiger partial charge < -0.3 is 10.2 Å². The maximum Gasteiger partial charge on any atom is 0.244 e. The van der Waals surface area contributed by atoms with Gasteiger partial charge in [-0.15, -0.1) is 0 Å². The van der Waals surface area contributed by atoms with E-state index in [0.29, 0.717) is 5.69 Å². The van der Waals surface area contributed by atoms with Gasteiger partial charge in [-0.2, -0.15) is 0 Å². The molecule has 1 aliphatic rings. The molecule has 0 fully saturated rings. The van der Waals surface area contributed by atoms with Gasteiger partial charge in [0.1, 0.15) is 6.54 Å². The third-order valence-electron chi connectivity index (χ3n) is 4.10. The van der Waals surface area contributed by atoms with Crippen molar-refractivity contribution in [3.8, 4) is 0 Å². The molecule has 7 heteroatoms. The smallest absolute Gasteiger partial charge is 0.244 e. The highest BCUT2D eigenvalue weighted by Crippen LogP contribution is 2.30. The third kappa shape index (κ3) is 3.56. The van der Waals surface area contributed by atoms with Crippen molar-refractivity contribution in [2.75, 3.05) is 22.5 Å². The number of para-hydroxylation sites is 2. The van der Waals surface area contributed by atoms with Gasteiger partial charge in [-0.05, 0) is 30.7 Å². The summed E-state index contributed by atoms with van der Waals surface area (Å²) in [5.41, 5.74) is 1.82. The SMILES string of the molecule is Cc1ccccc1NC(=O)CN1C(=O)CCS(=O)(=O)c2ccccc21. The van der Waals surface area contributed by atoms with Crippen molar-refractivity contribution < 1.29 is 18.0 Å². The Balaban J connectivity index is 1.89. The first-order valence-corrected chi connectivity index (χ1v) is 9.51. The molecule has 0 bridgehead atoms. The fraction of sp³-hybridized carbons (Fsp3) is 0.222. The molecule has 6 nitrogen and oxygen atoms in total. The Morgan fingerprint density at radius 3 is 2.56 bits per heavy atom. The van der Waals surface area contributed by atoms with Crippen LogP contribution in [-0.4, -0.2) is 32.5 Å². The number of hydrogen-bond donors (Lipinski definition) is 1. The van der Waals surface area contributed by atoms with Crippen LogP contribution in [0.1, 0.15) is 12.0 Å². The second-order valence-corrected chi connectivity index (χ2v) is 7.96. The molecule has 2 amide bonds. The lowest BCUT2D eigenvalue weighted by Crippen LogP contribution is -2.38. The average molecular weight is 358 g/mol. The Hall–Kier alpha value is -2.67. The van der Waals surface area contributed by atoms with E-state index in [1.807, 2.05) is 25.1 Å². The largest absolute Gasteiger partial charge is 0.324 e. The highest BCUT2D eigenvalue weighted by molar-refractivity contribution is 7.91. The number of amides is 2. The van der Waals surface area contributed by atoms with Crippen LogP contribution in [0.4, 0.5) is 11.4 Å². The zero-order chi connectivity index (χ0) is 18.0. The summed E-state index contributed by atoms with van der Waals surface area (Å²) in [4.78, 5) is 26.1. The Morgan fingerprint density at radius 1 is 1.12 bits per heavy atom. The number of fused-ring (bicyclic) bond motifs is 1. The highest BCUT2D eigenvalue weighted by atomic mass is 32.2. The second kappa shape index (κ2) is 6.68. The molecule has 0 unspecified atom stereocenters. The zero-order valence-electron chi connectivity index (χ0n) is 13.7. The Kier molecular flexibility index (Phi) is 4.59. The molecule has 1 N–H and O–H groups in total. The first-order chi connectivity index (χ1) is 11.9. The molecular formula is C18H18N2O4S. The minimum Gasteiger partial charge on any atom is -0.324 e. The zero-order valence-corrected chi connectivity index (χ0v) is 14.5. The summed E-state index contributed by atoms with van der Waals surface area (Å²) < 4.78 is 24.7. The monoisotopic (exact) mass is 358 g/mol. The summed E-state index contributed by atoms with van der Waals surface area (Å²) in [5.74, 6) is -1.01. The van der Waals surface area contributed by atoms with Crippen LogP contribution in [0.3, 0.4) is 0 Å². The van der Waals surface area contributed by atoms with Crippen molar-refractivity contribution in [2.24, 2.45) is 0 Å². The van der Waals surface area contributed by atoms with Gasteiger partial charge in [0.25, 0.3) is 0 Å². The summed E-state index contributed by atoms with van der Waals surface area (Å²) in [6.07, 6.45) is -0.144. The average Bonchev–Trinajstić information content (AvgIpc) is 2.68. The molecule has 0 radical (unpaired) electrons. The lowest BCUT2D eigenvalue weighted by atomic mass is 10.2. The number of carbonyl (C=O) groups excluding carboxylic acids is 2. The normalized spacial score (nSPS) is 16.0. The van der Waals surface area contributed by atoms with E-state index in [1.165, 1.54) is 11.0 Å². The number of benzene rings is 2. The molecule has 25 heavy (non-hydrogen) atoms. The number of anilines is 2. The summed E-state index contributed by atoms with van der Waals surface area (Å²) in [6, 6.07) is 13.6. The number of sulfone groups is 1. The van der Waals surface area contributed by atoms with Crippen LogP contribution in [0.15, 0.2) is 53.4 Å². The van der Waals surface area contributed by atoms with Gasteiger partial charge in [0.2, 0.25) is 11.8 Å². The molecule has 3 rings (SSSR count). The second-order valence-electron chi connectivity index (χ2n) is 5.88. The Labute approximate surface area is 146 Å². The fourth-order valence-electron chi connectivity index (χ4n) is 2.76. The molecule has 0 aliphatic carbocycles. The number of aryl methyl sites for hydroxylation is 1. The molecule has 1 heterocycles. The van der Waals surface area contributed by atoms with Gasteiger partial charge in [0.15, 0.2) is 9.84 Å². The van der Waals surface area contributed by atoms with Gasteiger partial charge in [-0.3, -0.25) is 9.59 Å². The molecule has 0 aromatic heterocycles. The summed E-state index contributed by atoms with van der Waals surface area (Å²) in [6.45, 7) is 1.63. The van der Waals surface area contributed by atoms with E-state index in [9.17, 15) is 18.0 Å². The minimum absolute atomic E-state index is 0.0875. The molecule has 0 saturated heterocycles. The topological polar surface area (TPSA) is 83.6 Å². The first kappa shape index (κ1) is 17.2. The van der Waals surface area contributed by atoms with Crippen molar-refractivity contribution in [3.05, 3.63) is 54.1 Å². The van der Waals surface area contributed by atoms with E-state index in [4.69, 9.17) is 0 Å². The molecule has 130 valence electrons. The first-order valence-electron chi connectivity index (χ1n) is 7.86. The van der Waals surface area contributed by atoms with Crippen LogP contribution in [0.25, 0.3) is 0 Å². The Morgan fingerprint density at radius 2 is 1.80 bits per heavy atom. The van der Waals surface area contributed by atoms with Crippen LogP contribution in [0.5, 0.6) is 0 Å². The molecule has 0 atom stereocenters. The predicted molar refractivity (Wildman–Crippen MR) is 95.3 cm³/mol. The standard InChI is InChI=1S/C18H18N2O4S/c1-13-6-2-3-7-14(13)19-17(21)12-20-15-8-4-5-9-16(15)25(23,24)11-10-18(20)22/h2-9H,10-12H2,1H3,(H,19,21). The number of nitrogens with zero attached hydrogens (tertiary/aromatic N) is 1. The van der Waals surface area contributed by atoms with Crippen molar-refractivity contribution in [1.82, 2.24) is 0 Å². The van der Waals surface area contributed by atoms with Crippen LogP contribution < -0.4 is 10.2 Å². The lowest BCUT2D eigenvalue weighted by molar-refractivity contribution is -0.121. The summed E-state index contributed by atoms with van der Waals surface area (Å²) >= 11 is 0. The van der Waals surface area contributed by atoms with Crippen LogP contribution in [-0.2, 0) is 19.4 Å². The van der Waals surface area contributed by atoms with Gasteiger partial charge in [-0.1, -0.05) is 30.3 Å². The van der Waals surface area contributed by atoms with Crippen LogP contribution in [0, 0.1) is 6.92 Å². The number of rotatable bonds is 3. The maximum atomic E-state index is 12.4. The van der Waals surface area contributed by atoms with E-state index in [-0.39, 0.29) is 41.1 Å². The minimum atomic E-state index is -3.54. The number of hydrogen-bond acceptors (Lipinski definition) is 4. The molecule has 2 aromatic rings. The summed E-state index contributed by atoms with van der Waals surface area (Å²) in [7, 11) is -3.54. The number of carbonyl (C=O) groups is 2. The van der Waals surface area contributed by atoms with Crippen molar-refractivity contribution in [2.45, 2.75) is 18.2 Å². The number of nitrogens with one attached hydrogen (secondary N) is 1. The van der Waals surface area contributed by atoms with Crippen molar-refractivity contribution >= 4 is 33.0 Å². The van der Waals surface area contributed by atoms with Crippen molar-refractivity contribution in [1.29, 1.82) is 0 Å². The van der Waals surface area contributed by atoms with Crippen molar-refractivity contribution in [3.63, 3.8) is 0 Å². The van der Waals surface area contributed by atoms with Gasteiger partial charge in [0, 0.05) is 12.1 Å². The molecule has 2 aromatic carbocycles. The lowest BCUT2D eigenvalue weighted by Gasteiger charge is -2.22. The van der Waals surface area contributed by atoms with Gasteiger partial charge in [0.05, 0.1) is 16.3 Å². The molecule has 0 spiro atoms. The van der Waals surface area contributed by atoms with E-state index in [1.54, 1.807) is 24.3 Å². The van der Waals surface area contributed by atoms with E-state index >= 15 is 0 Å². The Bertz CT molecular complexity index is 938. The van der Waals surface area contributed by atoms with Gasteiger partial charge in [-0.25, -0.2) is 8.42 Å². The van der Waals surface area contributed by atoms with E-state index in [0.717, 1.165) is 5.56 Å². The highest BCUT2D eigenvalue weighted by Gasteiger charge is 2.31. The van der Waals surface area contributed by atoms with E-state index < -0.39 is 9.84 Å². The predicted octanol–water partition coefficient (Wildman–Crippen LogP) is 2.14. The van der Waals surface area contributed by atoms with E-state index in [2.05, 4.69) is 5.32 Å². The van der Waals surface area contributed by atoms with Crippen LogP contribution in [0.2, 0.25) is 0 Å². The molecule has 0 saturated carbocycles. The quantitative estimate of drug-likeness (QED) is 0.911. The fourth-order valence-corrected chi connectivity index (χ4v) is 4.21. The third-order valence-corrected chi connectivity index (χ3v) is 5.85. The summed E-state index contributed by atoms with van der Waals surface area (Å²) in [5, 5.41) is 2.77. The van der Waals surface area contributed by atoms with Gasteiger partial charge >= 0.3 is 0 Å². The van der Waals surface area contributed by atoms with Crippen LogP contribution >= 0.6 is 0 Å². The maximum absolute atomic E-state index is 12.4. The molecular weight excluding hydrogens is 340 g/mol. The molecule has 1 aliphatic heterocycles.